The highest BCUT2D eigenvalue weighted by atomic mass is 32.2. The third-order valence-corrected chi connectivity index (χ3v) is 9.65. The normalized spacial score (nSPS) is 20.4. The Bertz CT molecular complexity index is 1160. The third kappa shape index (κ3) is 8.74. The van der Waals surface area contributed by atoms with Crippen molar-refractivity contribution in [3.63, 3.8) is 0 Å². The standard InChI is InChI=1S/C33H43NO4S2/c1-7-37-31(36)28(34-32(39-5)40-6)22-25(21-24-14-10-8-11-15-24)30(35)38-29-20-23(2)18-19-27(29)33(3,4)26-16-12-9-13-17-26/h8-17,22-23,25,27,29H,7,18-21H2,1-6H3/b28-22-/t23?,25-,27?,29?/m0/s1. The van der Waals surface area contributed by atoms with Crippen LogP contribution in [-0.4, -0.2) is 41.5 Å². The van der Waals surface area contributed by atoms with Crippen LogP contribution in [0.3, 0.4) is 0 Å². The van der Waals surface area contributed by atoms with Gasteiger partial charge in [0.05, 0.1) is 12.5 Å². The monoisotopic (exact) mass is 581 g/mol. The first-order chi connectivity index (χ1) is 19.2. The molecule has 0 radical (unpaired) electrons. The Hall–Kier alpha value is -2.51. The Kier molecular flexibility index (Phi) is 12.4. The summed E-state index contributed by atoms with van der Waals surface area (Å²) in [6.45, 7) is 8.73. The number of ether oxygens (including phenoxy) is 2. The van der Waals surface area contributed by atoms with E-state index in [2.05, 4.69) is 50.0 Å². The fourth-order valence-corrected chi connectivity index (χ4v) is 6.55. The summed E-state index contributed by atoms with van der Waals surface area (Å²) in [6, 6.07) is 20.3. The second-order valence-corrected chi connectivity index (χ2v) is 12.8. The summed E-state index contributed by atoms with van der Waals surface area (Å²) < 4.78 is 12.5. The van der Waals surface area contributed by atoms with Crippen LogP contribution in [-0.2, 0) is 30.9 Å². The number of esters is 2. The minimum absolute atomic E-state index is 0.136. The van der Waals surface area contributed by atoms with Gasteiger partial charge in [-0.3, -0.25) is 4.79 Å². The lowest BCUT2D eigenvalue weighted by molar-refractivity contribution is -0.159. The molecule has 0 aromatic heterocycles. The largest absolute Gasteiger partial charge is 0.462 e. The smallest absolute Gasteiger partial charge is 0.356 e. The van der Waals surface area contributed by atoms with E-state index >= 15 is 0 Å². The highest BCUT2D eigenvalue weighted by molar-refractivity contribution is 8.38. The van der Waals surface area contributed by atoms with Crippen molar-refractivity contribution < 1.29 is 19.1 Å². The van der Waals surface area contributed by atoms with Crippen LogP contribution in [0.15, 0.2) is 77.4 Å². The first kappa shape index (κ1) is 32.0. The van der Waals surface area contributed by atoms with Crippen LogP contribution in [0, 0.1) is 17.8 Å². The maximum Gasteiger partial charge on any atom is 0.356 e. The predicted octanol–water partition coefficient (Wildman–Crippen LogP) is 7.70. The highest BCUT2D eigenvalue weighted by Gasteiger charge is 2.42. The molecule has 0 heterocycles. The van der Waals surface area contributed by atoms with Crippen molar-refractivity contribution in [1.29, 1.82) is 0 Å². The molecule has 1 fully saturated rings. The maximum atomic E-state index is 14.0. The molecular weight excluding hydrogens is 539 g/mol. The van der Waals surface area contributed by atoms with E-state index < -0.39 is 11.9 Å². The molecule has 1 saturated carbocycles. The van der Waals surface area contributed by atoms with Gasteiger partial charge >= 0.3 is 11.9 Å². The summed E-state index contributed by atoms with van der Waals surface area (Å²) in [5, 5.41) is 0. The molecule has 0 bridgehead atoms. The summed E-state index contributed by atoms with van der Waals surface area (Å²) in [5.41, 5.74) is 2.21. The minimum Gasteiger partial charge on any atom is -0.462 e. The van der Waals surface area contributed by atoms with E-state index in [-0.39, 0.29) is 35.7 Å². The van der Waals surface area contributed by atoms with Crippen molar-refractivity contribution >= 4 is 39.8 Å². The summed E-state index contributed by atoms with van der Waals surface area (Å²) in [6.07, 6.45) is 8.56. The summed E-state index contributed by atoms with van der Waals surface area (Å²) in [4.78, 5) is 31.5. The zero-order valence-corrected chi connectivity index (χ0v) is 26.2. The average molecular weight is 582 g/mol. The van der Waals surface area contributed by atoms with Crippen molar-refractivity contribution in [1.82, 2.24) is 0 Å². The van der Waals surface area contributed by atoms with Gasteiger partial charge in [-0.2, -0.15) is 0 Å². The van der Waals surface area contributed by atoms with E-state index in [0.717, 1.165) is 29.2 Å². The van der Waals surface area contributed by atoms with E-state index in [1.54, 1.807) is 13.0 Å². The van der Waals surface area contributed by atoms with Gasteiger partial charge in [0.15, 0.2) is 0 Å². The summed E-state index contributed by atoms with van der Waals surface area (Å²) in [7, 11) is 0. The van der Waals surface area contributed by atoms with Gasteiger partial charge in [-0.25, -0.2) is 9.79 Å². The van der Waals surface area contributed by atoms with Gasteiger partial charge in [-0.1, -0.05) is 87.9 Å². The summed E-state index contributed by atoms with van der Waals surface area (Å²) >= 11 is 2.90. The molecule has 3 rings (SSSR count). The number of hydrogen-bond donors (Lipinski definition) is 0. The number of rotatable bonds is 10. The highest BCUT2D eigenvalue weighted by Crippen LogP contribution is 2.44. The molecular formula is C33H43NO4S2. The fourth-order valence-electron chi connectivity index (χ4n) is 5.50. The molecule has 0 saturated heterocycles. The number of thioether (sulfide) groups is 2. The molecule has 5 nitrogen and oxygen atoms in total. The van der Waals surface area contributed by atoms with Gasteiger partial charge < -0.3 is 9.47 Å². The van der Waals surface area contributed by atoms with Crippen LogP contribution >= 0.6 is 23.5 Å². The topological polar surface area (TPSA) is 65.0 Å². The van der Waals surface area contributed by atoms with E-state index in [1.165, 1.54) is 29.1 Å². The quantitative estimate of drug-likeness (QED) is 0.124. The molecule has 4 atom stereocenters. The number of carbonyl (C=O) groups is 2. The van der Waals surface area contributed by atoms with Gasteiger partial charge in [0, 0.05) is 5.92 Å². The first-order valence-electron chi connectivity index (χ1n) is 14.0. The molecule has 0 spiro atoms. The molecule has 7 heteroatoms. The van der Waals surface area contributed by atoms with Gasteiger partial charge in [-0.05, 0) is 67.2 Å². The second kappa shape index (κ2) is 15.5. The molecule has 40 heavy (non-hydrogen) atoms. The molecule has 1 aliphatic rings. The number of carbonyl (C=O) groups excluding carboxylic acids is 2. The zero-order chi connectivity index (χ0) is 29.1. The van der Waals surface area contributed by atoms with Crippen LogP contribution in [0.4, 0.5) is 0 Å². The number of aliphatic imine (C=N–C) groups is 1. The minimum atomic E-state index is -0.687. The van der Waals surface area contributed by atoms with Crippen molar-refractivity contribution in [3.05, 3.63) is 83.6 Å². The second-order valence-electron chi connectivity index (χ2n) is 10.9. The van der Waals surface area contributed by atoms with Crippen LogP contribution in [0.5, 0.6) is 0 Å². The Labute approximate surface area is 248 Å². The molecule has 2 aromatic rings. The van der Waals surface area contributed by atoms with Crippen LogP contribution in [0.25, 0.3) is 0 Å². The number of nitrogens with zero attached hydrogens (tertiary/aromatic N) is 1. The molecule has 0 N–H and O–H groups in total. The average Bonchev–Trinajstić information content (AvgIpc) is 2.95. The van der Waals surface area contributed by atoms with Gasteiger partial charge in [-0.15, -0.1) is 23.5 Å². The fraction of sp³-hybridized carbons (Fsp3) is 0.485. The van der Waals surface area contributed by atoms with Gasteiger partial charge in [0.1, 0.15) is 16.2 Å². The first-order valence-corrected chi connectivity index (χ1v) is 16.5. The Morgan fingerprint density at radius 3 is 2.25 bits per heavy atom. The van der Waals surface area contributed by atoms with Crippen molar-refractivity contribution in [2.45, 2.75) is 64.9 Å². The van der Waals surface area contributed by atoms with E-state index in [1.807, 2.05) is 48.9 Å². The maximum absolute atomic E-state index is 14.0. The predicted molar refractivity (Wildman–Crippen MR) is 169 cm³/mol. The number of hydrogen-bond acceptors (Lipinski definition) is 7. The van der Waals surface area contributed by atoms with Crippen molar-refractivity contribution in [2.75, 3.05) is 19.1 Å². The zero-order valence-electron chi connectivity index (χ0n) is 24.6. The SMILES string of the molecule is CCOC(=O)/C(=C/[C@H](Cc1ccccc1)C(=O)OC1CC(C)CCC1C(C)(C)c1ccccc1)N=C(SC)SC. The van der Waals surface area contributed by atoms with E-state index in [9.17, 15) is 9.59 Å². The van der Waals surface area contributed by atoms with Crippen LogP contribution < -0.4 is 0 Å². The Morgan fingerprint density at radius 1 is 1.02 bits per heavy atom. The van der Waals surface area contributed by atoms with Gasteiger partial charge in [0.2, 0.25) is 0 Å². The Morgan fingerprint density at radius 2 is 1.65 bits per heavy atom. The molecule has 0 amide bonds. The third-order valence-electron chi connectivity index (χ3n) is 7.77. The van der Waals surface area contributed by atoms with E-state index in [4.69, 9.17) is 9.47 Å². The van der Waals surface area contributed by atoms with Crippen LogP contribution in [0.1, 0.15) is 58.1 Å². The lowest BCUT2D eigenvalue weighted by Crippen LogP contribution is -2.44. The summed E-state index contributed by atoms with van der Waals surface area (Å²) in [5.74, 6) is -0.909. The molecule has 3 unspecified atom stereocenters. The van der Waals surface area contributed by atoms with Crippen molar-refractivity contribution in [2.24, 2.45) is 22.7 Å². The van der Waals surface area contributed by atoms with Crippen molar-refractivity contribution in [3.8, 4) is 0 Å². The lowest BCUT2D eigenvalue weighted by Gasteiger charge is -2.44. The Balaban J connectivity index is 1.98. The molecule has 1 aliphatic carbocycles. The van der Waals surface area contributed by atoms with Crippen LogP contribution in [0.2, 0.25) is 0 Å². The molecule has 2 aromatic carbocycles. The molecule has 216 valence electrons. The lowest BCUT2D eigenvalue weighted by atomic mass is 9.64. The molecule has 0 aliphatic heterocycles. The van der Waals surface area contributed by atoms with Gasteiger partial charge in [0.25, 0.3) is 0 Å². The van der Waals surface area contributed by atoms with E-state index in [0.29, 0.717) is 12.3 Å². The number of benzene rings is 2.